The van der Waals surface area contributed by atoms with Crippen LogP contribution in [0.25, 0.3) is 10.9 Å². The molecule has 0 spiro atoms. The molecular formula is C25H26N6O. The highest BCUT2D eigenvalue weighted by atomic mass is 16.1. The minimum Gasteiger partial charge on any atom is -0.340 e. The summed E-state index contributed by atoms with van der Waals surface area (Å²) in [7, 11) is 2.18. The van der Waals surface area contributed by atoms with Crippen LogP contribution >= 0.6 is 0 Å². The smallest absolute Gasteiger partial charge is 0.262 e. The Bertz CT molecular complexity index is 1260. The molecule has 1 saturated heterocycles. The van der Waals surface area contributed by atoms with Crippen LogP contribution in [0.15, 0.2) is 71.8 Å². The molecule has 5 rings (SSSR count). The highest BCUT2D eigenvalue weighted by molar-refractivity contribution is 5.92. The average Bonchev–Trinajstić information content (AvgIpc) is 2.81. The first-order valence-corrected chi connectivity index (χ1v) is 10.9. The van der Waals surface area contributed by atoms with Crippen molar-refractivity contribution in [2.75, 3.05) is 30.8 Å². The number of likely N-dealkylation sites (tertiary alicyclic amines) is 1. The van der Waals surface area contributed by atoms with Crippen molar-refractivity contribution < 1.29 is 0 Å². The Morgan fingerprint density at radius 3 is 2.44 bits per heavy atom. The Hall–Kier alpha value is -3.71. The Morgan fingerprint density at radius 1 is 0.969 bits per heavy atom. The summed E-state index contributed by atoms with van der Waals surface area (Å²) in [5.74, 6) is 1.69. The monoisotopic (exact) mass is 426 g/mol. The summed E-state index contributed by atoms with van der Waals surface area (Å²) < 4.78 is 0. The minimum atomic E-state index is -0.223. The fourth-order valence-corrected chi connectivity index (χ4v) is 4.23. The molecule has 162 valence electrons. The van der Waals surface area contributed by atoms with E-state index in [1.54, 1.807) is 6.07 Å². The fraction of sp³-hybridized carbons (Fsp3) is 0.240. The molecule has 7 nitrogen and oxygen atoms in total. The van der Waals surface area contributed by atoms with Crippen LogP contribution in [-0.4, -0.2) is 40.0 Å². The third-order valence-corrected chi connectivity index (χ3v) is 6.03. The van der Waals surface area contributed by atoms with Crippen LogP contribution in [0.4, 0.5) is 23.0 Å². The summed E-state index contributed by atoms with van der Waals surface area (Å²) in [5.41, 5.74) is 3.51. The molecule has 2 aromatic heterocycles. The van der Waals surface area contributed by atoms with Crippen molar-refractivity contribution in [3.05, 3.63) is 82.9 Å². The number of nitrogens with zero attached hydrogens (tertiary/aromatic N) is 3. The SMILES string of the molecule is CN1CCC(c2ccc(Nc3nc(Nc4ccccc4)cc4nc[nH]c(=O)c34)cc2)CC1. The Morgan fingerprint density at radius 2 is 1.69 bits per heavy atom. The van der Waals surface area contributed by atoms with Gasteiger partial charge in [-0.05, 0) is 68.7 Å². The van der Waals surface area contributed by atoms with Gasteiger partial charge in [0.05, 0.1) is 11.8 Å². The first-order chi connectivity index (χ1) is 15.7. The molecule has 2 aromatic carbocycles. The number of anilines is 4. The zero-order valence-electron chi connectivity index (χ0n) is 18.0. The van der Waals surface area contributed by atoms with Crippen molar-refractivity contribution in [1.82, 2.24) is 19.9 Å². The van der Waals surface area contributed by atoms with Crippen LogP contribution in [0.2, 0.25) is 0 Å². The molecule has 0 amide bonds. The van der Waals surface area contributed by atoms with Gasteiger partial charge in [0.1, 0.15) is 17.0 Å². The van der Waals surface area contributed by atoms with Crippen molar-refractivity contribution >= 4 is 33.9 Å². The van der Waals surface area contributed by atoms with Gasteiger partial charge in [0.25, 0.3) is 5.56 Å². The van der Waals surface area contributed by atoms with Gasteiger partial charge < -0.3 is 20.5 Å². The quantitative estimate of drug-likeness (QED) is 0.432. The number of aromatic amines is 1. The molecule has 7 heteroatoms. The Kier molecular flexibility index (Phi) is 5.56. The molecule has 0 unspecified atom stereocenters. The van der Waals surface area contributed by atoms with E-state index < -0.39 is 0 Å². The summed E-state index contributed by atoms with van der Waals surface area (Å²) in [6, 6.07) is 20.1. The Balaban J connectivity index is 1.44. The van der Waals surface area contributed by atoms with E-state index in [9.17, 15) is 4.79 Å². The van der Waals surface area contributed by atoms with Gasteiger partial charge in [-0.15, -0.1) is 0 Å². The molecule has 3 heterocycles. The van der Waals surface area contributed by atoms with Crippen LogP contribution in [0.3, 0.4) is 0 Å². The number of hydrogen-bond acceptors (Lipinski definition) is 6. The molecule has 1 aliphatic heterocycles. The van der Waals surface area contributed by atoms with Crippen molar-refractivity contribution in [2.24, 2.45) is 0 Å². The maximum Gasteiger partial charge on any atom is 0.262 e. The number of pyridine rings is 1. The van der Waals surface area contributed by atoms with Gasteiger partial charge in [0.15, 0.2) is 0 Å². The van der Waals surface area contributed by atoms with Crippen molar-refractivity contribution in [3.63, 3.8) is 0 Å². The summed E-state index contributed by atoms with van der Waals surface area (Å²) >= 11 is 0. The molecule has 1 fully saturated rings. The number of H-pyrrole nitrogens is 1. The number of nitrogens with one attached hydrogen (secondary N) is 3. The zero-order chi connectivity index (χ0) is 21.9. The lowest BCUT2D eigenvalue weighted by Crippen LogP contribution is -2.29. The van der Waals surface area contributed by atoms with Gasteiger partial charge in [-0.3, -0.25) is 4.79 Å². The fourth-order valence-electron chi connectivity index (χ4n) is 4.23. The standard InChI is InChI=1S/C25H26N6O/c1-31-13-11-18(12-14-31)17-7-9-20(10-8-17)29-24-23-21(26-16-27-25(23)32)15-22(30-24)28-19-5-3-2-4-6-19/h2-10,15-16,18H,11-14H2,1H3,(H,26,27,32)(H2,28,29,30). The second-order valence-corrected chi connectivity index (χ2v) is 8.30. The molecule has 32 heavy (non-hydrogen) atoms. The molecule has 0 radical (unpaired) electrons. The summed E-state index contributed by atoms with van der Waals surface area (Å²) in [5, 5.41) is 7.06. The van der Waals surface area contributed by atoms with Crippen LogP contribution in [0.5, 0.6) is 0 Å². The van der Waals surface area contributed by atoms with E-state index in [0.717, 1.165) is 24.5 Å². The van der Waals surface area contributed by atoms with Gasteiger partial charge in [-0.25, -0.2) is 9.97 Å². The molecule has 3 N–H and O–H groups in total. The normalized spacial score (nSPS) is 15.0. The number of para-hydroxylation sites is 1. The first kappa shape index (κ1) is 20.2. The van der Waals surface area contributed by atoms with Crippen molar-refractivity contribution in [3.8, 4) is 0 Å². The van der Waals surface area contributed by atoms with Crippen molar-refractivity contribution in [2.45, 2.75) is 18.8 Å². The van der Waals surface area contributed by atoms with Crippen LogP contribution in [0.1, 0.15) is 24.3 Å². The Labute approximate surface area is 186 Å². The van der Waals surface area contributed by atoms with E-state index in [4.69, 9.17) is 0 Å². The molecule has 0 saturated carbocycles. The van der Waals surface area contributed by atoms with Gasteiger partial charge in [-0.2, -0.15) is 0 Å². The molecule has 0 atom stereocenters. The summed E-state index contributed by atoms with van der Waals surface area (Å²) in [4.78, 5) is 26.6. The van der Waals surface area contributed by atoms with Crippen LogP contribution < -0.4 is 16.2 Å². The van der Waals surface area contributed by atoms with E-state index in [0.29, 0.717) is 28.5 Å². The highest BCUT2D eigenvalue weighted by Gasteiger charge is 2.18. The van der Waals surface area contributed by atoms with Gasteiger partial charge in [0.2, 0.25) is 0 Å². The van der Waals surface area contributed by atoms with Crippen LogP contribution in [-0.2, 0) is 0 Å². The number of benzene rings is 2. The van der Waals surface area contributed by atoms with E-state index in [1.807, 2.05) is 30.3 Å². The molecule has 1 aliphatic rings. The van der Waals surface area contributed by atoms with Crippen molar-refractivity contribution in [1.29, 1.82) is 0 Å². The average molecular weight is 427 g/mol. The van der Waals surface area contributed by atoms with E-state index in [2.05, 4.69) is 61.8 Å². The number of hydrogen-bond donors (Lipinski definition) is 3. The highest BCUT2D eigenvalue weighted by Crippen LogP contribution is 2.30. The third kappa shape index (κ3) is 4.33. The molecule has 0 bridgehead atoms. The topological polar surface area (TPSA) is 85.9 Å². The minimum absolute atomic E-state index is 0.223. The van der Waals surface area contributed by atoms with Crippen LogP contribution in [0, 0.1) is 0 Å². The van der Waals surface area contributed by atoms with E-state index >= 15 is 0 Å². The lowest BCUT2D eigenvalue weighted by atomic mass is 9.89. The molecule has 0 aliphatic carbocycles. The molecular weight excluding hydrogens is 400 g/mol. The van der Waals surface area contributed by atoms with E-state index in [1.165, 1.54) is 24.7 Å². The number of fused-ring (bicyclic) bond motifs is 1. The zero-order valence-corrected chi connectivity index (χ0v) is 18.0. The predicted octanol–water partition coefficient (Wildman–Crippen LogP) is 4.61. The summed E-state index contributed by atoms with van der Waals surface area (Å²) in [6.45, 7) is 2.27. The lowest BCUT2D eigenvalue weighted by Gasteiger charge is -2.29. The molecule has 4 aromatic rings. The number of aromatic nitrogens is 3. The maximum absolute atomic E-state index is 12.5. The number of rotatable bonds is 5. The van der Waals surface area contributed by atoms with Gasteiger partial charge >= 0.3 is 0 Å². The largest absolute Gasteiger partial charge is 0.340 e. The summed E-state index contributed by atoms with van der Waals surface area (Å²) in [6.07, 6.45) is 3.78. The predicted molar refractivity (Wildman–Crippen MR) is 129 cm³/mol. The second kappa shape index (κ2) is 8.80. The van der Waals surface area contributed by atoms with E-state index in [-0.39, 0.29) is 5.56 Å². The number of piperidine rings is 1. The second-order valence-electron chi connectivity index (χ2n) is 8.30. The maximum atomic E-state index is 12.5. The lowest BCUT2D eigenvalue weighted by molar-refractivity contribution is 0.255. The van der Waals surface area contributed by atoms with Gasteiger partial charge in [-0.1, -0.05) is 30.3 Å². The first-order valence-electron chi connectivity index (χ1n) is 10.9. The third-order valence-electron chi connectivity index (χ3n) is 6.03. The van der Waals surface area contributed by atoms with Gasteiger partial charge in [0, 0.05) is 17.4 Å².